The molecule has 152 valence electrons. The van der Waals surface area contributed by atoms with E-state index in [1.165, 1.54) is 37.3 Å². The molecule has 1 N–H and O–H groups in total. The van der Waals surface area contributed by atoms with Gasteiger partial charge >= 0.3 is 5.91 Å². The third-order valence-electron chi connectivity index (χ3n) is 3.25. The van der Waals surface area contributed by atoms with E-state index in [-0.39, 0.29) is 11.3 Å². The monoisotopic (exact) mass is 438 g/mol. The number of rotatable bonds is 4. The molecule has 0 saturated heterocycles. The summed E-state index contributed by atoms with van der Waals surface area (Å²) in [6, 6.07) is 0. The first-order chi connectivity index (χ1) is 13.8. The van der Waals surface area contributed by atoms with Crippen molar-refractivity contribution in [1.82, 2.24) is 10.4 Å². The normalized spacial score (nSPS) is 14.1. The van der Waals surface area contributed by atoms with Gasteiger partial charge < -0.3 is 0 Å². The molecule has 0 aliphatic heterocycles. The predicted octanol–water partition coefficient (Wildman–Crippen LogP) is 1.65. The predicted molar refractivity (Wildman–Crippen MR) is 105 cm³/mol. The SMILES string of the molecule is CC(=O)N(N=[N+]=[N-])C1=CCC(=S(=O)=O)C=C1.[N-]=[N+]=NNC1=CCC(=S(=O)=O)C=C1. The quantitative estimate of drug-likeness (QED) is 0.227. The highest BCUT2D eigenvalue weighted by Gasteiger charge is 2.18. The molecule has 0 spiro atoms. The molecule has 0 atom stereocenters. The Morgan fingerprint density at radius 3 is 1.97 bits per heavy atom. The van der Waals surface area contributed by atoms with Gasteiger partial charge in [-0.1, -0.05) is 0 Å². The molecule has 0 heterocycles. The van der Waals surface area contributed by atoms with Crippen LogP contribution in [0.2, 0.25) is 0 Å². The van der Waals surface area contributed by atoms with Crippen molar-refractivity contribution in [3.8, 4) is 0 Å². The number of carbonyl (C=O) groups is 1. The average Bonchev–Trinajstić information content (AvgIpc) is 2.71. The topological polar surface area (TPSA) is 198 Å². The molecular formula is C14H14N8O5S2. The molecule has 1 amide bonds. The van der Waals surface area contributed by atoms with Gasteiger partial charge in [0.1, 0.15) is 11.4 Å². The van der Waals surface area contributed by atoms with Gasteiger partial charge in [0.15, 0.2) is 0 Å². The van der Waals surface area contributed by atoms with E-state index in [1.807, 2.05) is 0 Å². The maximum atomic E-state index is 11.1. The Morgan fingerprint density at radius 2 is 1.59 bits per heavy atom. The lowest BCUT2D eigenvalue weighted by atomic mass is 10.1. The molecule has 0 fully saturated rings. The number of carbonyl (C=O) groups excluding carboxylic acids is 1. The lowest BCUT2D eigenvalue weighted by Gasteiger charge is -2.11. The van der Waals surface area contributed by atoms with E-state index in [0.29, 0.717) is 22.7 Å². The molecule has 2 aliphatic rings. The second-order valence-corrected chi connectivity index (χ2v) is 7.06. The number of hydrogen-bond donors (Lipinski definition) is 1. The van der Waals surface area contributed by atoms with Crippen molar-refractivity contribution in [1.29, 1.82) is 0 Å². The Morgan fingerprint density at radius 1 is 1.00 bits per heavy atom. The third kappa shape index (κ3) is 7.78. The molecule has 15 heteroatoms. The zero-order valence-electron chi connectivity index (χ0n) is 14.9. The first-order valence-corrected chi connectivity index (χ1v) is 9.77. The van der Waals surface area contributed by atoms with Crippen molar-refractivity contribution < 1.29 is 21.6 Å². The Hall–Kier alpha value is -3.77. The van der Waals surface area contributed by atoms with Gasteiger partial charge in [0.05, 0.1) is 9.73 Å². The van der Waals surface area contributed by atoms with Crippen LogP contribution in [0.3, 0.4) is 0 Å². The van der Waals surface area contributed by atoms with Gasteiger partial charge in [0.25, 0.3) is 0 Å². The highest BCUT2D eigenvalue weighted by atomic mass is 32.2. The summed E-state index contributed by atoms with van der Waals surface area (Å²) in [7, 11) is -4.43. The lowest BCUT2D eigenvalue weighted by Crippen LogP contribution is -2.22. The van der Waals surface area contributed by atoms with Crippen LogP contribution in [-0.4, -0.2) is 37.5 Å². The van der Waals surface area contributed by atoms with Gasteiger partial charge in [-0.15, -0.1) is 16.1 Å². The van der Waals surface area contributed by atoms with Crippen LogP contribution in [0.15, 0.2) is 58.3 Å². The second kappa shape index (κ2) is 11.8. The first-order valence-electron chi connectivity index (χ1n) is 7.62. The van der Waals surface area contributed by atoms with Crippen molar-refractivity contribution in [3.63, 3.8) is 0 Å². The van der Waals surface area contributed by atoms with Gasteiger partial charge in [-0.05, 0) is 46.9 Å². The summed E-state index contributed by atoms with van der Waals surface area (Å²) in [6.45, 7) is 1.24. The molecule has 2 rings (SSSR count). The summed E-state index contributed by atoms with van der Waals surface area (Å²) in [5.41, 5.74) is 19.6. The largest absolute Gasteiger partial charge is 0.314 e. The minimum absolute atomic E-state index is 0.173. The van der Waals surface area contributed by atoms with E-state index in [9.17, 15) is 21.6 Å². The van der Waals surface area contributed by atoms with Crippen LogP contribution >= 0.6 is 0 Å². The number of nitrogens with one attached hydrogen (secondary N) is 1. The van der Waals surface area contributed by atoms with Crippen molar-refractivity contribution in [2.45, 2.75) is 19.8 Å². The highest BCUT2D eigenvalue weighted by molar-refractivity contribution is 7.73. The lowest BCUT2D eigenvalue weighted by molar-refractivity contribution is -0.126. The zero-order valence-corrected chi connectivity index (χ0v) is 16.5. The van der Waals surface area contributed by atoms with Crippen molar-refractivity contribution in [2.24, 2.45) is 10.4 Å². The molecule has 0 saturated carbocycles. The molecule has 2 aliphatic carbocycles. The van der Waals surface area contributed by atoms with Crippen LogP contribution in [0.1, 0.15) is 19.8 Å². The molecule has 0 aromatic heterocycles. The zero-order chi connectivity index (χ0) is 21.8. The Labute approximate surface area is 167 Å². The van der Waals surface area contributed by atoms with Gasteiger partial charge in [-0.25, -0.2) is 10.2 Å². The number of allylic oxidation sites excluding steroid dienone is 6. The molecule has 0 bridgehead atoms. The van der Waals surface area contributed by atoms with Gasteiger partial charge in [0, 0.05) is 19.8 Å². The van der Waals surface area contributed by atoms with Crippen LogP contribution in [-0.2, 0) is 25.4 Å². The fraction of sp³-hybridized carbons (Fsp3) is 0.214. The van der Waals surface area contributed by atoms with Crippen LogP contribution < -0.4 is 5.43 Å². The molecule has 0 unspecified atom stereocenters. The van der Waals surface area contributed by atoms with Crippen LogP contribution in [0.25, 0.3) is 20.9 Å². The minimum atomic E-state index is -2.27. The summed E-state index contributed by atoms with van der Waals surface area (Å²) in [5, 5.41) is 7.17. The Bertz CT molecular complexity index is 1160. The van der Waals surface area contributed by atoms with Gasteiger partial charge in [0.2, 0.25) is 20.6 Å². The molecular weight excluding hydrogens is 424 g/mol. The van der Waals surface area contributed by atoms with E-state index in [1.54, 1.807) is 6.08 Å². The standard InChI is InChI=1S/C8H8N4O3S.C6H6N4O2S/c1-6(13)12(11-10-9)7-2-4-8(5-3-7)16(14)15;7-9-10-8-5-1-3-6(4-2-5)13(11)12/h2-4H,5H2,1H3;1-3,8H,4H2. The first kappa shape index (κ1) is 23.3. The number of hydrogen-bond acceptors (Lipinski definition) is 7. The van der Waals surface area contributed by atoms with Crippen molar-refractivity contribution in [3.05, 3.63) is 68.7 Å². The number of amides is 1. The van der Waals surface area contributed by atoms with Gasteiger partial charge in [-0.2, -0.15) is 26.7 Å². The summed E-state index contributed by atoms with van der Waals surface area (Å²) < 4.78 is 42.1. The summed E-state index contributed by atoms with van der Waals surface area (Å²) in [6.07, 6.45) is 9.37. The minimum Gasteiger partial charge on any atom is -0.246 e. The number of nitrogens with zero attached hydrogens (tertiary/aromatic N) is 7. The molecule has 0 aromatic rings. The van der Waals surface area contributed by atoms with Crippen LogP contribution in [0, 0.1) is 0 Å². The maximum absolute atomic E-state index is 11.1. The molecule has 0 aromatic carbocycles. The van der Waals surface area contributed by atoms with Crippen molar-refractivity contribution in [2.75, 3.05) is 0 Å². The fourth-order valence-electron chi connectivity index (χ4n) is 1.95. The van der Waals surface area contributed by atoms with E-state index in [2.05, 4.69) is 25.7 Å². The Kier molecular flexibility index (Phi) is 9.50. The Balaban J connectivity index is 0.000000296. The molecule has 0 radical (unpaired) electrons. The summed E-state index contributed by atoms with van der Waals surface area (Å²) in [4.78, 5) is 16.6. The third-order valence-corrected chi connectivity index (χ3v) is 4.71. The smallest absolute Gasteiger partial charge is 0.246 e. The highest BCUT2D eigenvalue weighted by Crippen LogP contribution is 2.14. The van der Waals surface area contributed by atoms with Crippen LogP contribution in [0.5, 0.6) is 0 Å². The molecule has 13 nitrogen and oxygen atoms in total. The fourth-order valence-corrected chi connectivity index (χ4v) is 2.75. The van der Waals surface area contributed by atoms with E-state index in [0.717, 1.165) is 5.01 Å². The van der Waals surface area contributed by atoms with Gasteiger partial charge in [-0.3, -0.25) is 0 Å². The summed E-state index contributed by atoms with van der Waals surface area (Å²) >= 11 is 0. The second-order valence-electron chi connectivity index (χ2n) is 5.08. The maximum Gasteiger partial charge on any atom is 0.314 e. The van der Waals surface area contributed by atoms with Crippen molar-refractivity contribution >= 4 is 36.2 Å². The summed E-state index contributed by atoms with van der Waals surface area (Å²) in [5.74, 6) is -0.444. The van der Waals surface area contributed by atoms with E-state index in [4.69, 9.17) is 11.1 Å². The van der Waals surface area contributed by atoms with Crippen LogP contribution in [0.4, 0.5) is 0 Å². The van der Waals surface area contributed by atoms with E-state index >= 15 is 0 Å². The average molecular weight is 438 g/mol. The number of azide groups is 2. The molecule has 29 heavy (non-hydrogen) atoms. The van der Waals surface area contributed by atoms with E-state index < -0.39 is 26.5 Å².